The Balaban J connectivity index is 2.16. The van der Waals surface area contributed by atoms with E-state index in [1.807, 2.05) is 24.3 Å². The molecule has 0 spiro atoms. The summed E-state index contributed by atoms with van der Waals surface area (Å²) in [6, 6.07) is 9.18. The Morgan fingerprint density at radius 2 is 2.15 bits per heavy atom. The highest BCUT2D eigenvalue weighted by Gasteiger charge is 2.16. The van der Waals surface area contributed by atoms with Crippen LogP contribution in [0.2, 0.25) is 5.02 Å². The smallest absolute Gasteiger partial charge is 0.349 e. The van der Waals surface area contributed by atoms with Gasteiger partial charge in [0.2, 0.25) is 0 Å². The molecule has 1 heterocycles. The van der Waals surface area contributed by atoms with E-state index in [-0.39, 0.29) is 11.5 Å². The molecule has 0 saturated heterocycles. The Morgan fingerprint density at radius 1 is 1.40 bits per heavy atom. The molecular formula is C15H15ClO3S. The Labute approximate surface area is 126 Å². The Morgan fingerprint density at radius 3 is 2.80 bits per heavy atom. The Kier molecular flexibility index (Phi) is 5.04. The first-order valence-corrected chi connectivity index (χ1v) is 7.53. The van der Waals surface area contributed by atoms with Crippen LogP contribution in [0.4, 0.5) is 0 Å². The van der Waals surface area contributed by atoms with Crippen LogP contribution in [0, 0.1) is 0 Å². The average Bonchev–Trinajstić information content (AvgIpc) is 2.82. The second-order valence-electron chi connectivity index (χ2n) is 4.34. The van der Waals surface area contributed by atoms with E-state index in [2.05, 4.69) is 6.92 Å². The number of carboxylic acid groups (broad SMARTS) is 1. The number of carbonyl (C=O) groups is 1. The van der Waals surface area contributed by atoms with Gasteiger partial charge < -0.3 is 9.84 Å². The topological polar surface area (TPSA) is 46.5 Å². The van der Waals surface area contributed by atoms with Crippen molar-refractivity contribution < 1.29 is 14.6 Å². The predicted molar refractivity (Wildman–Crippen MR) is 81.1 cm³/mol. The molecule has 1 N–H and O–H groups in total. The van der Waals surface area contributed by atoms with Crippen LogP contribution in [-0.4, -0.2) is 11.1 Å². The third-order valence-electron chi connectivity index (χ3n) is 2.78. The van der Waals surface area contributed by atoms with E-state index >= 15 is 0 Å². The summed E-state index contributed by atoms with van der Waals surface area (Å²) in [6.45, 7) is 2.33. The monoisotopic (exact) mass is 310 g/mol. The lowest BCUT2D eigenvalue weighted by molar-refractivity contribution is 0.0697. The highest BCUT2D eigenvalue weighted by atomic mass is 35.5. The van der Waals surface area contributed by atoms with Gasteiger partial charge in [-0.05, 0) is 18.6 Å². The van der Waals surface area contributed by atoms with Gasteiger partial charge in [0.1, 0.15) is 12.4 Å². The molecule has 1 aromatic heterocycles. The van der Waals surface area contributed by atoms with Crippen LogP contribution in [0.1, 0.15) is 33.5 Å². The van der Waals surface area contributed by atoms with Gasteiger partial charge in [-0.2, -0.15) is 0 Å². The second-order valence-corrected chi connectivity index (χ2v) is 5.89. The largest absolute Gasteiger partial charge is 0.487 e. The highest BCUT2D eigenvalue weighted by molar-refractivity contribution is 7.14. The molecule has 1 aromatic carbocycles. The number of halogens is 1. The van der Waals surface area contributed by atoms with Crippen molar-refractivity contribution in [3.8, 4) is 5.75 Å². The van der Waals surface area contributed by atoms with E-state index in [0.29, 0.717) is 10.8 Å². The molecule has 0 bridgehead atoms. The molecule has 3 nitrogen and oxygen atoms in total. The van der Waals surface area contributed by atoms with Gasteiger partial charge in [0, 0.05) is 15.5 Å². The van der Waals surface area contributed by atoms with E-state index in [0.717, 1.165) is 23.3 Å². The van der Waals surface area contributed by atoms with Crippen molar-refractivity contribution in [1.29, 1.82) is 0 Å². The first-order valence-electron chi connectivity index (χ1n) is 6.34. The van der Waals surface area contributed by atoms with Gasteiger partial charge in [-0.3, -0.25) is 0 Å². The second kappa shape index (κ2) is 6.77. The molecule has 2 aromatic rings. The van der Waals surface area contributed by atoms with Crippen LogP contribution >= 0.6 is 22.9 Å². The molecule has 0 amide bonds. The van der Waals surface area contributed by atoms with E-state index in [1.54, 1.807) is 6.07 Å². The summed E-state index contributed by atoms with van der Waals surface area (Å²) in [5.74, 6) is -0.530. The van der Waals surface area contributed by atoms with Gasteiger partial charge in [-0.25, -0.2) is 4.79 Å². The van der Waals surface area contributed by atoms with Crippen LogP contribution in [0.5, 0.6) is 5.75 Å². The lowest BCUT2D eigenvalue weighted by atomic mass is 10.2. The summed E-state index contributed by atoms with van der Waals surface area (Å²) in [4.78, 5) is 12.5. The number of aromatic carboxylic acids is 1. The Bertz CT molecular complexity index is 607. The fourth-order valence-corrected chi connectivity index (χ4v) is 3.05. The number of benzene rings is 1. The van der Waals surface area contributed by atoms with Gasteiger partial charge in [-0.15, -0.1) is 11.3 Å². The number of hydrogen-bond donors (Lipinski definition) is 1. The maximum absolute atomic E-state index is 11.2. The minimum Gasteiger partial charge on any atom is -0.487 e. The molecule has 20 heavy (non-hydrogen) atoms. The number of aryl methyl sites for hydroxylation is 1. The molecular weight excluding hydrogens is 296 g/mol. The summed E-state index contributed by atoms with van der Waals surface area (Å²) in [6.07, 6.45) is 1.84. The number of carboxylic acids is 1. The van der Waals surface area contributed by atoms with Gasteiger partial charge in [-0.1, -0.05) is 43.1 Å². The first-order chi connectivity index (χ1) is 9.61. The molecule has 0 fully saturated rings. The number of hydrogen-bond acceptors (Lipinski definition) is 3. The molecule has 0 unspecified atom stereocenters. The quantitative estimate of drug-likeness (QED) is 0.846. The van der Waals surface area contributed by atoms with Crippen molar-refractivity contribution in [2.75, 3.05) is 0 Å². The van der Waals surface area contributed by atoms with Crippen molar-refractivity contribution in [3.63, 3.8) is 0 Å². The summed E-state index contributed by atoms with van der Waals surface area (Å²) in [5.41, 5.74) is 0.841. The predicted octanol–water partition coefficient (Wildman–Crippen LogP) is 4.63. The van der Waals surface area contributed by atoms with Crippen molar-refractivity contribution in [2.24, 2.45) is 0 Å². The minimum atomic E-state index is -0.952. The van der Waals surface area contributed by atoms with E-state index in [4.69, 9.17) is 16.3 Å². The van der Waals surface area contributed by atoms with Crippen LogP contribution in [0.25, 0.3) is 0 Å². The zero-order valence-electron chi connectivity index (χ0n) is 11.1. The lowest BCUT2D eigenvalue weighted by Crippen LogP contribution is -2.00. The number of ether oxygens (including phenoxy) is 1. The van der Waals surface area contributed by atoms with Gasteiger partial charge in [0.15, 0.2) is 4.88 Å². The molecule has 5 heteroatoms. The fraction of sp³-hybridized carbons (Fsp3) is 0.267. The highest BCUT2D eigenvalue weighted by Crippen LogP contribution is 2.31. The standard InChI is InChI=1S/C15H15ClO3S/c1-2-5-11-8-13(14(20-11)15(17)18)19-9-10-6-3-4-7-12(10)16/h3-4,6-8H,2,5,9H2,1H3,(H,17,18). The third kappa shape index (κ3) is 3.52. The maximum Gasteiger partial charge on any atom is 0.349 e. The fourth-order valence-electron chi connectivity index (χ4n) is 1.82. The van der Waals surface area contributed by atoms with Crippen molar-refractivity contribution in [2.45, 2.75) is 26.4 Å². The third-order valence-corrected chi connectivity index (χ3v) is 4.31. The first kappa shape index (κ1) is 14.9. The lowest BCUT2D eigenvalue weighted by Gasteiger charge is -2.06. The zero-order valence-corrected chi connectivity index (χ0v) is 12.6. The van der Waals surface area contributed by atoms with Crippen molar-refractivity contribution >= 4 is 28.9 Å². The van der Waals surface area contributed by atoms with Crippen molar-refractivity contribution in [1.82, 2.24) is 0 Å². The van der Waals surface area contributed by atoms with E-state index in [1.165, 1.54) is 11.3 Å². The molecule has 0 radical (unpaired) electrons. The Hall–Kier alpha value is -1.52. The normalized spacial score (nSPS) is 10.5. The van der Waals surface area contributed by atoms with E-state index in [9.17, 15) is 9.90 Å². The van der Waals surface area contributed by atoms with Crippen LogP contribution < -0.4 is 4.74 Å². The number of thiophene rings is 1. The molecule has 106 valence electrons. The molecule has 0 saturated carbocycles. The summed E-state index contributed by atoms with van der Waals surface area (Å²) in [7, 11) is 0. The molecule has 0 aliphatic rings. The molecule has 0 aliphatic heterocycles. The van der Waals surface area contributed by atoms with Crippen molar-refractivity contribution in [3.05, 3.63) is 50.7 Å². The maximum atomic E-state index is 11.2. The zero-order chi connectivity index (χ0) is 14.5. The molecule has 2 rings (SSSR count). The molecule has 0 aliphatic carbocycles. The summed E-state index contributed by atoms with van der Waals surface area (Å²) >= 11 is 7.33. The van der Waals surface area contributed by atoms with Crippen LogP contribution in [-0.2, 0) is 13.0 Å². The SMILES string of the molecule is CCCc1cc(OCc2ccccc2Cl)c(C(=O)O)s1. The van der Waals surface area contributed by atoms with Crippen LogP contribution in [0.3, 0.4) is 0 Å². The summed E-state index contributed by atoms with van der Waals surface area (Å²) in [5, 5.41) is 9.82. The van der Waals surface area contributed by atoms with Gasteiger partial charge in [0.25, 0.3) is 0 Å². The number of rotatable bonds is 6. The van der Waals surface area contributed by atoms with Gasteiger partial charge in [0.05, 0.1) is 0 Å². The minimum absolute atomic E-state index is 0.250. The summed E-state index contributed by atoms with van der Waals surface area (Å²) < 4.78 is 5.64. The molecule has 0 atom stereocenters. The van der Waals surface area contributed by atoms with Gasteiger partial charge >= 0.3 is 5.97 Å². The average molecular weight is 311 g/mol. The van der Waals surface area contributed by atoms with Crippen LogP contribution in [0.15, 0.2) is 30.3 Å². The van der Waals surface area contributed by atoms with E-state index < -0.39 is 5.97 Å².